The molecule has 0 heterocycles. The summed E-state index contributed by atoms with van der Waals surface area (Å²) in [4.78, 5) is 11.8. The molecular weight excluding hydrogens is 292 g/mol. The van der Waals surface area contributed by atoms with Gasteiger partial charge in [0.1, 0.15) is 0 Å². The van der Waals surface area contributed by atoms with E-state index in [1.165, 1.54) is 19.2 Å². The Morgan fingerprint density at radius 2 is 1.90 bits per heavy atom. The van der Waals surface area contributed by atoms with E-state index in [4.69, 9.17) is 5.11 Å². The van der Waals surface area contributed by atoms with Gasteiger partial charge in [0.25, 0.3) is 0 Å². The minimum atomic E-state index is -3.42. The zero-order valence-electron chi connectivity index (χ0n) is 12.3. The van der Waals surface area contributed by atoms with Crippen molar-refractivity contribution >= 4 is 15.9 Å². The Balaban J connectivity index is 2.48. The molecule has 0 spiro atoms. The molecule has 1 aromatic rings. The smallest absolute Gasteiger partial charge is 0.240 e. The molecule has 0 aromatic heterocycles. The maximum atomic E-state index is 11.6. The van der Waals surface area contributed by atoms with Crippen LogP contribution in [-0.4, -0.2) is 39.6 Å². The summed E-state index contributed by atoms with van der Waals surface area (Å²) in [6.07, 6.45) is 0.871. The predicted molar refractivity (Wildman–Crippen MR) is 80.3 cm³/mol. The molecular formula is C14H22N2O4S. The molecule has 6 nitrogen and oxygen atoms in total. The van der Waals surface area contributed by atoms with Crippen LogP contribution >= 0.6 is 0 Å². The molecule has 21 heavy (non-hydrogen) atoms. The Bertz CT molecular complexity index is 555. The van der Waals surface area contributed by atoms with Crippen molar-refractivity contribution < 1.29 is 18.3 Å². The van der Waals surface area contributed by atoms with E-state index >= 15 is 0 Å². The van der Waals surface area contributed by atoms with Gasteiger partial charge < -0.3 is 10.4 Å². The van der Waals surface area contributed by atoms with Crippen molar-refractivity contribution in [2.45, 2.75) is 24.7 Å². The van der Waals surface area contributed by atoms with Crippen molar-refractivity contribution in [3.8, 4) is 0 Å². The number of amides is 1. The Morgan fingerprint density at radius 3 is 2.43 bits per heavy atom. The summed E-state index contributed by atoms with van der Waals surface area (Å²) in [5, 5.41) is 11.6. The number of rotatable bonds is 8. The SMILES string of the molecule is CNS(=O)(=O)c1ccc(CCC(=O)NC[C@@H](C)CO)cc1. The third-order valence-electron chi connectivity index (χ3n) is 3.10. The maximum absolute atomic E-state index is 11.6. The van der Waals surface area contributed by atoms with Crippen molar-refractivity contribution in [3.05, 3.63) is 29.8 Å². The van der Waals surface area contributed by atoms with E-state index < -0.39 is 10.0 Å². The van der Waals surface area contributed by atoms with Crippen molar-refractivity contribution in [2.24, 2.45) is 5.92 Å². The molecule has 0 aliphatic carbocycles. The zero-order valence-corrected chi connectivity index (χ0v) is 13.1. The van der Waals surface area contributed by atoms with Gasteiger partial charge >= 0.3 is 0 Å². The van der Waals surface area contributed by atoms with Crippen LogP contribution in [0.5, 0.6) is 0 Å². The fourth-order valence-electron chi connectivity index (χ4n) is 1.65. The summed E-state index contributed by atoms with van der Waals surface area (Å²) in [6, 6.07) is 6.45. The van der Waals surface area contributed by atoms with Gasteiger partial charge in [0.05, 0.1) is 4.90 Å². The standard InChI is InChI=1S/C14H22N2O4S/c1-11(10-17)9-16-14(18)8-5-12-3-6-13(7-4-12)21(19,20)15-2/h3-4,6-7,11,15,17H,5,8-10H2,1-2H3,(H,16,18)/t11-/m1/s1. The molecule has 118 valence electrons. The van der Waals surface area contributed by atoms with E-state index in [1.807, 2.05) is 6.92 Å². The third kappa shape index (κ3) is 5.82. The van der Waals surface area contributed by atoms with Crippen LogP contribution in [0.1, 0.15) is 18.9 Å². The van der Waals surface area contributed by atoms with Crippen LogP contribution in [0.15, 0.2) is 29.2 Å². The van der Waals surface area contributed by atoms with Gasteiger partial charge in [-0.05, 0) is 37.1 Å². The molecule has 3 N–H and O–H groups in total. The normalized spacial score (nSPS) is 12.9. The van der Waals surface area contributed by atoms with Crippen LogP contribution in [0.4, 0.5) is 0 Å². The topological polar surface area (TPSA) is 95.5 Å². The van der Waals surface area contributed by atoms with Crippen LogP contribution in [0.25, 0.3) is 0 Å². The molecule has 1 aromatic carbocycles. The molecule has 1 atom stereocenters. The van der Waals surface area contributed by atoms with Gasteiger partial charge in [-0.15, -0.1) is 0 Å². The predicted octanol–water partition coefficient (Wildman–Crippen LogP) is 0.272. The van der Waals surface area contributed by atoms with E-state index in [-0.39, 0.29) is 23.3 Å². The van der Waals surface area contributed by atoms with Crippen molar-refractivity contribution in [2.75, 3.05) is 20.2 Å². The van der Waals surface area contributed by atoms with Crippen LogP contribution in [-0.2, 0) is 21.2 Å². The Morgan fingerprint density at radius 1 is 1.29 bits per heavy atom. The molecule has 0 bridgehead atoms. The van der Waals surface area contributed by atoms with Gasteiger partial charge in [-0.1, -0.05) is 19.1 Å². The molecule has 0 radical (unpaired) electrons. The molecule has 7 heteroatoms. The van der Waals surface area contributed by atoms with E-state index in [1.54, 1.807) is 12.1 Å². The fourth-order valence-corrected chi connectivity index (χ4v) is 2.38. The van der Waals surface area contributed by atoms with E-state index in [9.17, 15) is 13.2 Å². The summed E-state index contributed by atoms with van der Waals surface area (Å²) in [7, 11) is -2.06. The lowest BCUT2D eigenvalue weighted by Gasteiger charge is -2.09. The highest BCUT2D eigenvalue weighted by molar-refractivity contribution is 7.89. The first-order chi connectivity index (χ1) is 9.89. The average Bonchev–Trinajstić information content (AvgIpc) is 2.50. The summed E-state index contributed by atoms with van der Waals surface area (Å²) < 4.78 is 25.4. The summed E-state index contributed by atoms with van der Waals surface area (Å²) in [5.74, 6) is -0.0396. The number of aliphatic hydroxyl groups is 1. The number of benzene rings is 1. The molecule has 0 fully saturated rings. The van der Waals surface area contributed by atoms with Crippen molar-refractivity contribution in [3.63, 3.8) is 0 Å². The number of aliphatic hydroxyl groups excluding tert-OH is 1. The Hall–Kier alpha value is -1.44. The first kappa shape index (κ1) is 17.6. The summed E-state index contributed by atoms with van der Waals surface area (Å²) in [6.45, 7) is 2.34. The fraction of sp³-hybridized carbons (Fsp3) is 0.500. The summed E-state index contributed by atoms with van der Waals surface area (Å²) in [5.41, 5.74) is 0.899. The molecule has 0 saturated carbocycles. The average molecular weight is 314 g/mol. The van der Waals surface area contributed by atoms with Gasteiger partial charge in [0.15, 0.2) is 0 Å². The number of carbonyl (C=O) groups excluding carboxylic acids is 1. The molecule has 0 aliphatic rings. The second kappa shape index (κ2) is 8.11. The van der Waals surface area contributed by atoms with Crippen LogP contribution in [0.2, 0.25) is 0 Å². The molecule has 1 rings (SSSR count). The third-order valence-corrected chi connectivity index (χ3v) is 4.53. The van der Waals surface area contributed by atoms with Gasteiger partial charge in [-0.2, -0.15) is 0 Å². The van der Waals surface area contributed by atoms with Gasteiger partial charge in [0.2, 0.25) is 15.9 Å². The highest BCUT2D eigenvalue weighted by atomic mass is 32.2. The lowest BCUT2D eigenvalue weighted by atomic mass is 10.1. The van der Waals surface area contributed by atoms with Crippen molar-refractivity contribution in [1.82, 2.24) is 10.0 Å². The first-order valence-electron chi connectivity index (χ1n) is 6.79. The second-order valence-corrected chi connectivity index (χ2v) is 6.83. The largest absolute Gasteiger partial charge is 0.396 e. The highest BCUT2D eigenvalue weighted by Crippen LogP contribution is 2.11. The zero-order chi connectivity index (χ0) is 15.9. The Labute approximate surface area is 125 Å². The highest BCUT2D eigenvalue weighted by Gasteiger charge is 2.11. The van der Waals surface area contributed by atoms with Crippen LogP contribution < -0.4 is 10.0 Å². The molecule has 1 amide bonds. The van der Waals surface area contributed by atoms with E-state index in [0.29, 0.717) is 19.4 Å². The van der Waals surface area contributed by atoms with Gasteiger partial charge in [-0.25, -0.2) is 13.1 Å². The number of sulfonamides is 1. The lowest BCUT2D eigenvalue weighted by Crippen LogP contribution is -2.29. The molecule has 0 saturated heterocycles. The number of nitrogens with one attached hydrogen (secondary N) is 2. The van der Waals surface area contributed by atoms with Gasteiger partial charge in [-0.3, -0.25) is 4.79 Å². The second-order valence-electron chi connectivity index (χ2n) is 4.94. The van der Waals surface area contributed by atoms with Crippen LogP contribution in [0.3, 0.4) is 0 Å². The van der Waals surface area contributed by atoms with Gasteiger partial charge in [0, 0.05) is 19.6 Å². The number of hydrogen-bond acceptors (Lipinski definition) is 4. The van der Waals surface area contributed by atoms with Crippen molar-refractivity contribution in [1.29, 1.82) is 0 Å². The maximum Gasteiger partial charge on any atom is 0.240 e. The summed E-state index contributed by atoms with van der Waals surface area (Å²) >= 11 is 0. The van der Waals surface area contributed by atoms with E-state index in [0.717, 1.165) is 5.56 Å². The van der Waals surface area contributed by atoms with Crippen LogP contribution in [0, 0.1) is 5.92 Å². The Kier molecular flexibility index (Phi) is 6.80. The molecule has 0 unspecified atom stereocenters. The number of hydrogen-bond donors (Lipinski definition) is 3. The minimum absolute atomic E-state index is 0.0417. The molecule has 0 aliphatic heterocycles. The first-order valence-corrected chi connectivity index (χ1v) is 8.27. The van der Waals surface area contributed by atoms with E-state index in [2.05, 4.69) is 10.0 Å². The minimum Gasteiger partial charge on any atom is -0.396 e. The number of carbonyl (C=O) groups is 1. The quantitative estimate of drug-likeness (QED) is 0.642. The lowest BCUT2D eigenvalue weighted by molar-refractivity contribution is -0.121. The monoisotopic (exact) mass is 314 g/mol. The number of aryl methyl sites for hydroxylation is 1.